The van der Waals surface area contributed by atoms with E-state index in [1.807, 2.05) is 72.8 Å². The third-order valence-electron chi connectivity index (χ3n) is 5.67. The molecule has 3 amide bonds. The first-order valence-electron chi connectivity index (χ1n) is 13.1. The lowest BCUT2D eigenvalue weighted by molar-refractivity contribution is -0.129. The van der Waals surface area contributed by atoms with Crippen LogP contribution in [0.25, 0.3) is 0 Å². The van der Waals surface area contributed by atoms with Gasteiger partial charge in [0.05, 0.1) is 13.2 Å². The van der Waals surface area contributed by atoms with E-state index in [2.05, 4.69) is 10.6 Å². The van der Waals surface area contributed by atoms with E-state index in [0.29, 0.717) is 12.4 Å². The lowest BCUT2D eigenvalue weighted by Gasteiger charge is -2.24. The molecule has 4 N–H and O–H groups in total. The molecular formula is C31H37N3O6. The van der Waals surface area contributed by atoms with Gasteiger partial charge in [0.1, 0.15) is 30.0 Å². The first-order valence-corrected chi connectivity index (χ1v) is 13.1. The van der Waals surface area contributed by atoms with Gasteiger partial charge < -0.3 is 30.6 Å². The van der Waals surface area contributed by atoms with Crippen LogP contribution in [0.4, 0.5) is 4.79 Å². The second-order valence-corrected chi connectivity index (χ2v) is 10.3. The number of rotatable bonds is 13. The maximum atomic E-state index is 13.2. The van der Waals surface area contributed by atoms with Gasteiger partial charge in [-0.2, -0.15) is 0 Å². The second kappa shape index (κ2) is 14.7. The Morgan fingerprint density at radius 1 is 0.750 bits per heavy atom. The Labute approximate surface area is 235 Å². The number of alkyl carbamates (subject to hydrolysis) is 1. The molecule has 0 aliphatic rings. The van der Waals surface area contributed by atoms with Crippen LogP contribution in [0, 0.1) is 0 Å². The van der Waals surface area contributed by atoms with Crippen LogP contribution in [0.15, 0.2) is 84.9 Å². The molecule has 2 atom stereocenters. The number of benzene rings is 3. The van der Waals surface area contributed by atoms with Crippen molar-refractivity contribution < 1.29 is 28.6 Å². The molecule has 0 fully saturated rings. The Kier molecular flexibility index (Phi) is 11.1. The number of carbonyl (C=O) groups is 3. The SMILES string of the molecule is CC(C)(C)OC(=O)N[C@H](COCc1ccccc1)C(=O)N[C@H](Cc1ccc(OCc2ccccc2)cc1)C(N)=O. The van der Waals surface area contributed by atoms with Crippen molar-refractivity contribution in [2.24, 2.45) is 5.73 Å². The molecule has 3 aromatic carbocycles. The summed E-state index contributed by atoms with van der Waals surface area (Å²) in [6.45, 7) is 5.67. The Balaban J connectivity index is 1.61. The molecule has 0 aromatic heterocycles. The Morgan fingerprint density at radius 3 is 1.88 bits per heavy atom. The zero-order valence-corrected chi connectivity index (χ0v) is 23.1. The maximum absolute atomic E-state index is 13.2. The highest BCUT2D eigenvalue weighted by Crippen LogP contribution is 2.16. The van der Waals surface area contributed by atoms with E-state index >= 15 is 0 Å². The minimum atomic E-state index is -1.12. The topological polar surface area (TPSA) is 129 Å². The Bertz CT molecular complexity index is 1230. The van der Waals surface area contributed by atoms with Gasteiger partial charge in [0.2, 0.25) is 11.8 Å². The summed E-state index contributed by atoms with van der Waals surface area (Å²) in [4.78, 5) is 37.8. The summed E-state index contributed by atoms with van der Waals surface area (Å²) >= 11 is 0. The van der Waals surface area contributed by atoms with Crippen molar-refractivity contribution in [2.45, 2.75) is 58.1 Å². The molecule has 0 unspecified atom stereocenters. The summed E-state index contributed by atoms with van der Waals surface area (Å²) in [6, 6.07) is 24.3. The normalized spacial score (nSPS) is 12.6. The van der Waals surface area contributed by atoms with Crippen molar-refractivity contribution in [3.63, 3.8) is 0 Å². The summed E-state index contributed by atoms with van der Waals surface area (Å²) in [7, 11) is 0. The van der Waals surface area contributed by atoms with Gasteiger partial charge in [-0.25, -0.2) is 4.79 Å². The van der Waals surface area contributed by atoms with Gasteiger partial charge in [0, 0.05) is 6.42 Å². The number of primary amides is 1. The van der Waals surface area contributed by atoms with Crippen LogP contribution in [-0.2, 0) is 38.7 Å². The molecule has 212 valence electrons. The fourth-order valence-corrected chi connectivity index (χ4v) is 3.70. The number of carbonyl (C=O) groups excluding carboxylic acids is 3. The molecule has 9 nitrogen and oxygen atoms in total. The average molecular weight is 548 g/mol. The maximum Gasteiger partial charge on any atom is 0.408 e. The van der Waals surface area contributed by atoms with Crippen LogP contribution in [0.2, 0.25) is 0 Å². The standard InChI is InChI=1S/C31H37N3O6/c1-31(2,3)40-30(37)34-27(21-38-19-23-10-6-4-7-11-23)29(36)33-26(28(32)35)18-22-14-16-25(17-15-22)39-20-24-12-8-5-9-13-24/h4-17,26-27H,18-21H2,1-3H3,(H2,32,35)(H,33,36)(H,34,37)/t26-,27-/m1/s1. The van der Waals surface area contributed by atoms with Crippen LogP contribution in [0.5, 0.6) is 5.75 Å². The molecule has 0 aliphatic carbocycles. The van der Waals surface area contributed by atoms with Gasteiger partial charge >= 0.3 is 6.09 Å². The summed E-state index contributed by atoms with van der Waals surface area (Å²) in [5, 5.41) is 5.18. The fourth-order valence-electron chi connectivity index (χ4n) is 3.70. The van der Waals surface area contributed by atoms with Crippen LogP contribution in [0.3, 0.4) is 0 Å². The molecular weight excluding hydrogens is 510 g/mol. The molecule has 0 saturated carbocycles. The largest absolute Gasteiger partial charge is 0.489 e. The molecule has 3 aromatic rings. The smallest absolute Gasteiger partial charge is 0.408 e. The van der Waals surface area contributed by atoms with Crippen molar-refractivity contribution in [3.05, 3.63) is 102 Å². The third-order valence-corrected chi connectivity index (χ3v) is 5.67. The van der Waals surface area contributed by atoms with Crippen LogP contribution < -0.4 is 21.1 Å². The molecule has 0 bridgehead atoms. The van der Waals surface area contributed by atoms with Crippen LogP contribution in [-0.4, -0.2) is 42.2 Å². The average Bonchev–Trinajstić information content (AvgIpc) is 2.91. The van der Waals surface area contributed by atoms with Crippen molar-refractivity contribution in [1.29, 1.82) is 0 Å². The van der Waals surface area contributed by atoms with E-state index in [1.54, 1.807) is 32.9 Å². The molecule has 0 radical (unpaired) electrons. The summed E-state index contributed by atoms with van der Waals surface area (Å²) < 4.78 is 16.8. The fraction of sp³-hybridized carbons (Fsp3) is 0.323. The van der Waals surface area contributed by atoms with Gasteiger partial charge in [0.25, 0.3) is 0 Å². The van der Waals surface area contributed by atoms with Crippen LogP contribution in [0.1, 0.15) is 37.5 Å². The van der Waals surface area contributed by atoms with E-state index < -0.39 is 35.6 Å². The lowest BCUT2D eigenvalue weighted by Crippen LogP contribution is -2.55. The number of amides is 3. The minimum Gasteiger partial charge on any atom is -0.489 e. The van der Waals surface area contributed by atoms with Gasteiger partial charge in [-0.1, -0.05) is 72.8 Å². The zero-order valence-electron chi connectivity index (χ0n) is 23.1. The molecule has 0 heterocycles. The minimum absolute atomic E-state index is 0.140. The van der Waals surface area contributed by atoms with Gasteiger partial charge in [0.15, 0.2) is 0 Å². The van der Waals surface area contributed by atoms with E-state index in [-0.39, 0.29) is 19.6 Å². The zero-order chi connectivity index (χ0) is 29.0. The number of nitrogens with one attached hydrogen (secondary N) is 2. The molecule has 9 heteroatoms. The van der Waals surface area contributed by atoms with E-state index in [0.717, 1.165) is 16.7 Å². The van der Waals surface area contributed by atoms with Gasteiger partial charge in [-0.3, -0.25) is 9.59 Å². The van der Waals surface area contributed by atoms with E-state index in [1.165, 1.54) is 0 Å². The van der Waals surface area contributed by atoms with Crippen molar-refractivity contribution in [2.75, 3.05) is 6.61 Å². The Morgan fingerprint density at radius 2 is 1.32 bits per heavy atom. The van der Waals surface area contributed by atoms with Crippen molar-refractivity contribution >= 4 is 17.9 Å². The second-order valence-electron chi connectivity index (χ2n) is 10.3. The highest BCUT2D eigenvalue weighted by Gasteiger charge is 2.28. The number of ether oxygens (including phenoxy) is 3. The highest BCUT2D eigenvalue weighted by atomic mass is 16.6. The van der Waals surface area contributed by atoms with Crippen LogP contribution >= 0.6 is 0 Å². The molecule has 0 aliphatic heterocycles. The predicted octanol–water partition coefficient (Wildman–Crippen LogP) is 3.89. The summed E-state index contributed by atoms with van der Waals surface area (Å²) in [5.74, 6) is -0.658. The summed E-state index contributed by atoms with van der Waals surface area (Å²) in [5.41, 5.74) is 7.58. The van der Waals surface area contributed by atoms with Crippen molar-refractivity contribution in [3.8, 4) is 5.75 Å². The van der Waals surface area contributed by atoms with Gasteiger partial charge in [-0.15, -0.1) is 0 Å². The molecule has 0 spiro atoms. The predicted molar refractivity (Wildman–Crippen MR) is 151 cm³/mol. The van der Waals surface area contributed by atoms with Gasteiger partial charge in [-0.05, 0) is 49.6 Å². The molecule has 0 saturated heterocycles. The van der Waals surface area contributed by atoms with Crippen molar-refractivity contribution in [1.82, 2.24) is 10.6 Å². The Hall–Kier alpha value is -4.37. The molecule has 40 heavy (non-hydrogen) atoms. The monoisotopic (exact) mass is 547 g/mol. The van der Waals surface area contributed by atoms with E-state index in [4.69, 9.17) is 19.9 Å². The quantitative estimate of drug-likeness (QED) is 0.298. The summed E-state index contributed by atoms with van der Waals surface area (Å²) in [6.07, 6.45) is -0.623. The first kappa shape index (κ1) is 30.2. The van der Waals surface area contributed by atoms with E-state index in [9.17, 15) is 14.4 Å². The first-order chi connectivity index (χ1) is 19.1. The highest BCUT2D eigenvalue weighted by molar-refractivity contribution is 5.91. The third kappa shape index (κ3) is 10.8. The number of nitrogens with two attached hydrogens (primary N) is 1. The number of hydrogen-bond acceptors (Lipinski definition) is 6. The molecule has 3 rings (SSSR count). The lowest BCUT2D eigenvalue weighted by atomic mass is 10.0. The number of hydrogen-bond donors (Lipinski definition) is 3.